The number of pyridine rings is 1. The molecule has 0 bridgehead atoms. The molecule has 0 aromatic carbocycles. The molecule has 3 heterocycles. The van der Waals surface area contributed by atoms with Crippen LogP contribution in [0.3, 0.4) is 0 Å². The van der Waals surface area contributed by atoms with Gasteiger partial charge in [-0.3, -0.25) is 10.00 Å². The van der Waals surface area contributed by atoms with Gasteiger partial charge in [0.2, 0.25) is 0 Å². The molecule has 1 N–H and O–H groups in total. The molecular formula is C14H17FN6O. The van der Waals surface area contributed by atoms with E-state index in [1.165, 1.54) is 12.1 Å². The highest BCUT2D eigenvalue weighted by molar-refractivity contribution is 5.88. The molecule has 3 rings (SSSR count). The van der Waals surface area contributed by atoms with Crippen LogP contribution in [0.25, 0.3) is 0 Å². The first-order valence-corrected chi connectivity index (χ1v) is 7.22. The number of halogens is 1. The van der Waals surface area contributed by atoms with Crippen LogP contribution in [-0.4, -0.2) is 44.0 Å². The molecular weight excluding hydrogens is 287 g/mol. The third-order valence-corrected chi connectivity index (χ3v) is 3.69. The Morgan fingerprint density at radius 3 is 3.09 bits per heavy atom. The fourth-order valence-corrected chi connectivity index (χ4v) is 2.63. The summed E-state index contributed by atoms with van der Waals surface area (Å²) in [6, 6.07) is 2.51. The monoisotopic (exact) mass is 304 g/mol. The molecule has 7 nitrogen and oxygen atoms in total. The van der Waals surface area contributed by atoms with Gasteiger partial charge >= 0.3 is 6.03 Å². The summed E-state index contributed by atoms with van der Waals surface area (Å²) in [5.74, 6) is 0.274. The van der Waals surface area contributed by atoms with E-state index in [0.29, 0.717) is 24.8 Å². The molecule has 0 aliphatic carbocycles. The minimum Gasteiger partial charge on any atom is -0.324 e. The first-order valence-electron chi connectivity index (χ1n) is 7.22. The molecule has 0 saturated carbocycles. The Kier molecular flexibility index (Phi) is 4.27. The van der Waals surface area contributed by atoms with Gasteiger partial charge in [-0.2, -0.15) is 0 Å². The average molecular weight is 304 g/mol. The summed E-state index contributed by atoms with van der Waals surface area (Å²) in [5.41, 5.74) is 0. The van der Waals surface area contributed by atoms with Gasteiger partial charge in [-0.15, -0.1) is 5.10 Å². The Morgan fingerprint density at radius 2 is 2.36 bits per heavy atom. The summed E-state index contributed by atoms with van der Waals surface area (Å²) >= 11 is 0. The van der Waals surface area contributed by atoms with Crippen LogP contribution in [0.5, 0.6) is 0 Å². The Morgan fingerprint density at radius 1 is 1.45 bits per heavy atom. The normalized spacial score (nSPS) is 18.2. The highest BCUT2D eigenvalue weighted by Gasteiger charge is 2.24. The second kappa shape index (κ2) is 6.50. The number of hydrogen-bond acceptors (Lipinski definition) is 4. The maximum Gasteiger partial charge on any atom is 0.323 e. The van der Waals surface area contributed by atoms with Gasteiger partial charge in [0.15, 0.2) is 0 Å². The number of likely N-dealkylation sites (tertiary alicyclic amines) is 1. The van der Waals surface area contributed by atoms with Crippen molar-refractivity contribution in [2.45, 2.75) is 19.4 Å². The van der Waals surface area contributed by atoms with Gasteiger partial charge in [-0.05, 0) is 30.9 Å². The number of carbonyl (C=O) groups is 1. The van der Waals surface area contributed by atoms with Gasteiger partial charge in [0.25, 0.3) is 0 Å². The lowest BCUT2D eigenvalue weighted by molar-refractivity contribution is 0.168. The molecule has 2 aromatic rings. The van der Waals surface area contributed by atoms with Gasteiger partial charge in [-0.25, -0.2) is 14.2 Å². The van der Waals surface area contributed by atoms with Gasteiger partial charge in [0.05, 0.1) is 12.4 Å². The number of rotatable bonds is 3. The smallest absolute Gasteiger partial charge is 0.323 e. The molecule has 0 unspecified atom stereocenters. The minimum absolute atomic E-state index is 0.206. The van der Waals surface area contributed by atoms with Gasteiger partial charge in [-0.1, -0.05) is 5.21 Å². The van der Waals surface area contributed by atoms with E-state index in [1.807, 2.05) is 6.20 Å². The van der Waals surface area contributed by atoms with Crippen LogP contribution < -0.4 is 5.32 Å². The number of aromatic nitrogens is 4. The molecule has 8 heteroatoms. The second-order valence-electron chi connectivity index (χ2n) is 5.37. The molecule has 1 aliphatic heterocycles. The molecule has 22 heavy (non-hydrogen) atoms. The summed E-state index contributed by atoms with van der Waals surface area (Å²) < 4.78 is 14.6. The lowest BCUT2D eigenvalue weighted by Crippen LogP contribution is -2.43. The third kappa shape index (κ3) is 3.57. The molecule has 116 valence electrons. The second-order valence-corrected chi connectivity index (χ2v) is 5.37. The standard InChI is InChI=1S/C14H17FN6O/c15-12-3-4-13(16-8-12)18-14(22)20-6-1-2-11(9-20)10-21-7-5-17-19-21/h3-5,7-8,11H,1-2,6,9-10H2,(H,16,18,22)/t11-/m1/s1. The fourth-order valence-electron chi connectivity index (χ4n) is 2.63. The summed E-state index contributed by atoms with van der Waals surface area (Å²) in [6.45, 7) is 2.12. The number of piperidine rings is 1. The van der Waals surface area contributed by atoms with Crippen LogP contribution >= 0.6 is 0 Å². The van der Waals surface area contributed by atoms with Crippen LogP contribution in [0.1, 0.15) is 12.8 Å². The molecule has 2 aromatic heterocycles. The number of nitrogens with zero attached hydrogens (tertiary/aromatic N) is 5. The number of carbonyl (C=O) groups excluding carboxylic acids is 1. The Balaban J connectivity index is 1.56. The SMILES string of the molecule is O=C(Nc1ccc(F)cn1)N1CCC[C@@H](Cn2ccnn2)C1. The first-order chi connectivity index (χ1) is 10.7. The van der Waals surface area contributed by atoms with E-state index in [4.69, 9.17) is 0 Å². The van der Waals surface area contributed by atoms with E-state index in [9.17, 15) is 9.18 Å². The number of amides is 2. The zero-order chi connectivity index (χ0) is 15.4. The van der Waals surface area contributed by atoms with E-state index in [2.05, 4.69) is 20.6 Å². The van der Waals surface area contributed by atoms with E-state index in [-0.39, 0.29) is 6.03 Å². The molecule has 0 radical (unpaired) electrons. The highest BCUT2D eigenvalue weighted by atomic mass is 19.1. The predicted octanol–water partition coefficient (Wildman–Crippen LogP) is 1.76. The Bertz CT molecular complexity index is 615. The van der Waals surface area contributed by atoms with Crippen molar-refractivity contribution < 1.29 is 9.18 Å². The fraction of sp³-hybridized carbons (Fsp3) is 0.429. The van der Waals surface area contributed by atoms with Crippen molar-refractivity contribution in [2.75, 3.05) is 18.4 Å². The number of nitrogens with one attached hydrogen (secondary N) is 1. The first kappa shape index (κ1) is 14.4. The van der Waals surface area contributed by atoms with Crippen molar-refractivity contribution in [1.82, 2.24) is 24.9 Å². The summed E-state index contributed by atoms with van der Waals surface area (Å²) in [4.78, 5) is 17.8. The number of anilines is 1. The topological polar surface area (TPSA) is 75.9 Å². The van der Waals surface area contributed by atoms with E-state index in [1.54, 1.807) is 15.8 Å². The van der Waals surface area contributed by atoms with Crippen molar-refractivity contribution in [1.29, 1.82) is 0 Å². The number of hydrogen-bond donors (Lipinski definition) is 1. The van der Waals surface area contributed by atoms with Gasteiger partial charge in [0, 0.05) is 25.8 Å². The summed E-state index contributed by atoms with van der Waals surface area (Å²) in [7, 11) is 0. The van der Waals surface area contributed by atoms with Gasteiger partial charge < -0.3 is 4.90 Å². The van der Waals surface area contributed by atoms with Crippen molar-refractivity contribution >= 4 is 11.8 Å². The molecule has 0 spiro atoms. The number of urea groups is 1. The maximum atomic E-state index is 12.8. The molecule has 1 aliphatic rings. The zero-order valence-corrected chi connectivity index (χ0v) is 12.0. The van der Waals surface area contributed by atoms with Crippen LogP contribution in [-0.2, 0) is 6.54 Å². The van der Waals surface area contributed by atoms with Crippen molar-refractivity contribution in [3.63, 3.8) is 0 Å². The van der Waals surface area contributed by atoms with Crippen LogP contribution in [0.2, 0.25) is 0 Å². The maximum absolute atomic E-state index is 12.8. The van der Waals surface area contributed by atoms with Crippen LogP contribution in [0.15, 0.2) is 30.7 Å². The largest absolute Gasteiger partial charge is 0.324 e. The third-order valence-electron chi connectivity index (χ3n) is 3.69. The van der Waals surface area contributed by atoms with E-state index >= 15 is 0 Å². The lowest BCUT2D eigenvalue weighted by atomic mass is 9.98. The predicted molar refractivity (Wildman–Crippen MR) is 77.5 cm³/mol. The van der Waals surface area contributed by atoms with Crippen molar-refractivity contribution in [3.8, 4) is 0 Å². The molecule has 1 fully saturated rings. The van der Waals surface area contributed by atoms with Crippen molar-refractivity contribution in [3.05, 3.63) is 36.5 Å². The minimum atomic E-state index is -0.427. The average Bonchev–Trinajstić information content (AvgIpc) is 3.03. The zero-order valence-electron chi connectivity index (χ0n) is 12.0. The summed E-state index contributed by atoms with van der Waals surface area (Å²) in [5, 5.41) is 10.4. The van der Waals surface area contributed by atoms with Crippen LogP contribution in [0.4, 0.5) is 15.0 Å². The van der Waals surface area contributed by atoms with E-state index in [0.717, 1.165) is 25.6 Å². The van der Waals surface area contributed by atoms with E-state index < -0.39 is 5.82 Å². The molecule has 1 saturated heterocycles. The summed E-state index contributed by atoms with van der Waals surface area (Å²) in [6.07, 6.45) is 6.55. The van der Waals surface area contributed by atoms with Gasteiger partial charge in [0.1, 0.15) is 11.6 Å². The van der Waals surface area contributed by atoms with Crippen LogP contribution in [0, 0.1) is 11.7 Å². The molecule has 1 atom stereocenters. The Hall–Kier alpha value is -2.51. The molecule has 2 amide bonds. The highest BCUT2D eigenvalue weighted by Crippen LogP contribution is 2.19. The lowest BCUT2D eigenvalue weighted by Gasteiger charge is -2.32. The quantitative estimate of drug-likeness (QED) is 0.937. The Labute approximate surface area is 127 Å². The van der Waals surface area contributed by atoms with Crippen molar-refractivity contribution in [2.24, 2.45) is 5.92 Å².